The summed E-state index contributed by atoms with van der Waals surface area (Å²) in [5.41, 5.74) is 0. The van der Waals surface area contributed by atoms with E-state index in [1.54, 1.807) is 0 Å². The first kappa shape index (κ1) is 69.8. The number of aliphatic hydroxyl groups is 2. The number of unbranched alkanes of at least 4 members (excludes halogenated alkanes) is 29. The molecule has 0 rings (SSSR count). The predicted molar refractivity (Wildman–Crippen MR) is 326 cm³/mol. The normalized spacial score (nSPS) is 13.6. The van der Waals surface area contributed by atoms with E-state index in [2.05, 4.69) is 141 Å². The van der Waals surface area contributed by atoms with E-state index in [0.29, 0.717) is 12.8 Å². The van der Waals surface area contributed by atoms with Crippen molar-refractivity contribution in [3.05, 3.63) is 122 Å². The number of hydrogen-bond donors (Lipinski definition) is 3. The number of amides is 1. The molecule has 4 nitrogen and oxygen atoms in total. The van der Waals surface area contributed by atoms with Gasteiger partial charge in [0.05, 0.1) is 18.8 Å². The average Bonchev–Trinajstić information content (AvgIpc) is 3.40. The van der Waals surface area contributed by atoms with E-state index in [0.717, 1.165) is 103 Å². The van der Waals surface area contributed by atoms with Gasteiger partial charge in [-0.2, -0.15) is 0 Å². The van der Waals surface area contributed by atoms with Crippen LogP contribution in [0, 0.1) is 0 Å². The van der Waals surface area contributed by atoms with Gasteiger partial charge in [-0.3, -0.25) is 4.79 Å². The van der Waals surface area contributed by atoms with Crippen LogP contribution in [0.5, 0.6) is 0 Å². The molecule has 0 aliphatic rings. The van der Waals surface area contributed by atoms with Gasteiger partial charge in [-0.05, 0) is 89.9 Å². The van der Waals surface area contributed by atoms with Gasteiger partial charge in [0.15, 0.2) is 0 Å². The fourth-order valence-corrected chi connectivity index (χ4v) is 9.04. The minimum absolute atomic E-state index is 0.0477. The highest BCUT2D eigenvalue weighted by Gasteiger charge is 2.20. The molecule has 0 aliphatic heterocycles. The Morgan fingerprint density at radius 2 is 0.603 bits per heavy atom. The van der Waals surface area contributed by atoms with Gasteiger partial charge in [0.2, 0.25) is 5.91 Å². The third-order valence-electron chi connectivity index (χ3n) is 13.7. The number of carbonyl (C=O) groups excluding carboxylic acids is 1. The first-order valence-corrected chi connectivity index (χ1v) is 31.2. The molecule has 0 aromatic carbocycles. The quantitative estimate of drug-likeness (QED) is 0.0420. The molecule has 0 fully saturated rings. The van der Waals surface area contributed by atoms with Gasteiger partial charge in [0.25, 0.3) is 0 Å². The molecule has 0 saturated heterocycles. The van der Waals surface area contributed by atoms with Crippen molar-refractivity contribution >= 4 is 5.91 Å². The Kier molecular flexibility index (Phi) is 60.3. The van der Waals surface area contributed by atoms with Crippen molar-refractivity contribution in [3.63, 3.8) is 0 Å². The first-order valence-electron chi connectivity index (χ1n) is 31.2. The maximum atomic E-state index is 12.5. The van der Waals surface area contributed by atoms with Crippen molar-refractivity contribution in [2.75, 3.05) is 6.61 Å². The van der Waals surface area contributed by atoms with Crippen LogP contribution < -0.4 is 5.32 Å². The molecule has 3 N–H and O–H groups in total. The summed E-state index contributed by atoms with van der Waals surface area (Å²) < 4.78 is 0. The molecule has 73 heavy (non-hydrogen) atoms. The van der Waals surface area contributed by atoms with Crippen LogP contribution in [0.2, 0.25) is 0 Å². The summed E-state index contributed by atoms with van der Waals surface area (Å²) in [6.07, 6.45) is 96.3. The Morgan fingerprint density at radius 1 is 0.342 bits per heavy atom. The molecule has 1 amide bonds. The van der Waals surface area contributed by atoms with Gasteiger partial charge in [-0.25, -0.2) is 0 Å². The molecular formula is C69H119NO3. The minimum Gasteiger partial charge on any atom is -0.394 e. The lowest BCUT2D eigenvalue weighted by Gasteiger charge is -2.22. The molecule has 2 atom stereocenters. The Bertz CT molecular complexity index is 1420. The Labute approximate surface area is 454 Å². The summed E-state index contributed by atoms with van der Waals surface area (Å²) in [7, 11) is 0. The number of carbonyl (C=O) groups is 1. The molecule has 0 aromatic heterocycles. The van der Waals surface area contributed by atoms with E-state index < -0.39 is 12.1 Å². The lowest BCUT2D eigenvalue weighted by Crippen LogP contribution is -2.45. The molecule has 0 saturated carbocycles. The molecule has 0 spiro atoms. The van der Waals surface area contributed by atoms with Crippen LogP contribution in [-0.4, -0.2) is 34.9 Å². The lowest BCUT2D eigenvalue weighted by atomic mass is 10.0. The molecule has 4 heteroatoms. The van der Waals surface area contributed by atoms with Crippen LogP contribution in [-0.2, 0) is 4.79 Å². The average molecular weight is 1010 g/mol. The van der Waals surface area contributed by atoms with E-state index in [9.17, 15) is 15.0 Å². The van der Waals surface area contributed by atoms with Gasteiger partial charge in [0, 0.05) is 6.42 Å². The van der Waals surface area contributed by atoms with Crippen molar-refractivity contribution in [3.8, 4) is 0 Å². The highest BCUT2D eigenvalue weighted by atomic mass is 16.3. The van der Waals surface area contributed by atoms with E-state index in [-0.39, 0.29) is 12.5 Å². The maximum absolute atomic E-state index is 12.5. The Hall–Kier alpha value is -3.21. The van der Waals surface area contributed by atoms with Crippen LogP contribution in [0.25, 0.3) is 0 Å². The van der Waals surface area contributed by atoms with Crippen LogP contribution in [0.1, 0.15) is 290 Å². The molecule has 0 heterocycles. The van der Waals surface area contributed by atoms with Gasteiger partial charge in [-0.15, -0.1) is 0 Å². The standard InChI is InChI=1S/C69H119NO3/c1-3-5-7-9-11-13-15-17-19-21-23-25-27-29-30-31-32-33-34-35-36-37-38-39-40-41-43-45-47-49-51-53-55-57-59-61-63-65-69(73)70-67(66-71)68(72)64-62-60-58-56-54-52-50-48-46-44-42-28-26-24-22-20-18-16-14-12-10-8-6-4-2/h5,7,11,13,17,19,23,25,29-30,32-33,35-36,38-39,41,43,47,49,67-68,71-72H,3-4,6,8-10,12,14-16,18,20-22,24,26-28,31,34,37,40,42,44-46,48,50-66H2,1-2H3,(H,70,73)/b7-5-,13-11-,19-17-,25-23-,30-29-,33-32-,36-35-,39-38-,43-41-,49-47-. The third kappa shape index (κ3) is 59.5. The summed E-state index contributed by atoms with van der Waals surface area (Å²) in [6.45, 7) is 4.25. The largest absolute Gasteiger partial charge is 0.394 e. The molecule has 0 bridgehead atoms. The van der Waals surface area contributed by atoms with Crippen molar-refractivity contribution in [1.82, 2.24) is 5.32 Å². The number of nitrogens with one attached hydrogen (secondary N) is 1. The zero-order valence-corrected chi connectivity index (χ0v) is 48.1. The lowest BCUT2D eigenvalue weighted by molar-refractivity contribution is -0.123. The van der Waals surface area contributed by atoms with Crippen LogP contribution in [0.4, 0.5) is 0 Å². The van der Waals surface area contributed by atoms with Gasteiger partial charge in [0.1, 0.15) is 0 Å². The second-order valence-corrected chi connectivity index (χ2v) is 20.7. The van der Waals surface area contributed by atoms with E-state index in [4.69, 9.17) is 0 Å². The van der Waals surface area contributed by atoms with Crippen molar-refractivity contribution in [1.29, 1.82) is 0 Å². The zero-order chi connectivity index (χ0) is 52.7. The van der Waals surface area contributed by atoms with E-state index >= 15 is 0 Å². The summed E-state index contributed by atoms with van der Waals surface area (Å²) >= 11 is 0. The molecular weight excluding hydrogens is 891 g/mol. The fraction of sp³-hybridized carbons (Fsp3) is 0.696. The summed E-state index contributed by atoms with van der Waals surface area (Å²) in [6, 6.07) is -0.555. The number of rotatable bonds is 56. The zero-order valence-electron chi connectivity index (χ0n) is 48.1. The summed E-state index contributed by atoms with van der Waals surface area (Å²) in [5, 5.41) is 23.4. The van der Waals surface area contributed by atoms with Crippen LogP contribution >= 0.6 is 0 Å². The molecule has 0 aromatic rings. The summed E-state index contributed by atoms with van der Waals surface area (Å²) in [4.78, 5) is 12.5. The number of aliphatic hydroxyl groups excluding tert-OH is 2. The second-order valence-electron chi connectivity index (χ2n) is 20.7. The fourth-order valence-electron chi connectivity index (χ4n) is 9.04. The number of hydrogen-bond acceptors (Lipinski definition) is 3. The number of allylic oxidation sites excluding steroid dienone is 20. The van der Waals surface area contributed by atoms with Gasteiger partial charge < -0.3 is 15.5 Å². The smallest absolute Gasteiger partial charge is 0.220 e. The highest BCUT2D eigenvalue weighted by molar-refractivity contribution is 5.76. The van der Waals surface area contributed by atoms with Crippen molar-refractivity contribution < 1.29 is 15.0 Å². The topological polar surface area (TPSA) is 69.6 Å². The molecule has 0 aliphatic carbocycles. The first-order chi connectivity index (χ1) is 36.2. The van der Waals surface area contributed by atoms with Crippen LogP contribution in [0.3, 0.4) is 0 Å². The third-order valence-corrected chi connectivity index (χ3v) is 13.7. The highest BCUT2D eigenvalue weighted by Crippen LogP contribution is 2.17. The predicted octanol–water partition coefficient (Wildman–Crippen LogP) is 21.2. The Morgan fingerprint density at radius 3 is 0.904 bits per heavy atom. The second kappa shape index (κ2) is 63.1. The van der Waals surface area contributed by atoms with E-state index in [1.165, 1.54) is 161 Å². The molecule has 0 radical (unpaired) electrons. The van der Waals surface area contributed by atoms with Gasteiger partial charge in [-0.1, -0.05) is 315 Å². The van der Waals surface area contributed by atoms with Crippen molar-refractivity contribution in [2.24, 2.45) is 0 Å². The van der Waals surface area contributed by atoms with E-state index in [1.807, 2.05) is 0 Å². The Balaban J connectivity index is 3.59. The minimum atomic E-state index is -0.676. The van der Waals surface area contributed by atoms with Crippen molar-refractivity contribution in [2.45, 2.75) is 302 Å². The monoisotopic (exact) mass is 1010 g/mol. The van der Waals surface area contributed by atoms with Gasteiger partial charge >= 0.3 is 0 Å². The maximum Gasteiger partial charge on any atom is 0.220 e. The SMILES string of the molecule is CC/C=C\C/C=C\C/C=C\C/C=C\C/C=C\C/C=C\C/C=C\C/C=C\C/C=C\C/C=C\CCCCCCCCC(=O)NC(CO)C(O)CCCCCCCCCCCCCCCCCCCCCCCCCC. The molecule has 418 valence electrons. The van der Waals surface area contributed by atoms with Crippen LogP contribution in [0.15, 0.2) is 122 Å². The summed E-state index contributed by atoms with van der Waals surface area (Å²) in [5.74, 6) is -0.0477. The molecule has 2 unspecified atom stereocenters.